The van der Waals surface area contributed by atoms with Crippen LogP contribution >= 0.6 is 0 Å². The van der Waals surface area contributed by atoms with Gasteiger partial charge in [0.15, 0.2) is 11.6 Å². The fraction of sp³-hybridized carbons (Fsp3) is 0.636. The van der Waals surface area contributed by atoms with Gasteiger partial charge in [0.05, 0.1) is 5.92 Å². The topological polar surface area (TPSA) is 34.1 Å². The largest absolute Gasteiger partial charge is 0.294 e. The van der Waals surface area contributed by atoms with E-state index >= 15 is 0 Å². The van der Waals surface area contributed by atoms with Crippen molar-refractivity contribution >= 4 is 11.6 Å². The highest BCUT2D eigenvalue weighted by atomic mass is 16.2. The normalized spacial score (nSPS) is 25.8. The molecule has 2 rings (SSSR count). The molecule has 0 unspecified atom stereocenters. The van der Waals surface area contributed by atoms with Gasteiger partial charge >= 0.3 is 0 Å². The van der Waals surface area contributed by atoms with Crippen molar-refractivity contribution in [3.05, 3.63) is 12.2 Å². The van der Waals surface area contributed by atoms with Crippen LogP contribution in [0.4, 0.5) is 0 Å². The lowest BCUT2D eigenvalue weighted by molar-refractivity contribution is -0.128. The molecule has 0 radical (unpaired) electrons. The van der Waals surface area contributed by atoms with Crippen molar-refractivity contribution in [3.8, 4) is 0 Å². The third-order valence-electron chi connectivity index (χ3n) is 3.15. The van der Waals surface area contributed by atoms with Gasteiger partial charge in [0.25, 0.3) is 0 Å². The van der Waals surface area contributed by atoms with E-state index in [1.165, 1.54) is 31.4 Å². The summed E-state index contributed by atoms with van der Waals surface area (Å²) in [7, 11) is 0. The van der Waals surface area contributed by atoms with Gasteiger partial charge < -0.3 is 0 Å². The van der Waals surface area contributed by atoms with Crippen LogP contribution in [0.15, 0.2) is 12.2 Å². The maximum Gasteiger partial charge on any atom is 0.166 e. The highest BCUT2D eigenvalue weighted by molar-refractivity contribution is 6.18. The van der Waals surface area contributed by atoms with E-state index in [-0.39, 0.29) is 17.5 Å². The first-order chi connectivity index (χ1) is 6.29. The first-order valence-corrected chi connectivity index (χ1v) is 5.05. The molecule has 1 fully saturated rings. The molecule has 0 spiro atoms. The fourth-order valence-corrected chi connectivity index (χ4v) is 2.44. The minimum atomic E-state index is -0.305. The lowest BCUT2D eigenvalue weighted by Crippen LogP contribution is -2.27. The molecule has 2 nitrogen and oxygen atoms in total. The number of carbonyl (C=O) groups excluding carboxylic acids is 2. The average Bonchev–Trinajstić information content (AvgIpc) is 2.48. The van der Waals surface area contributed by atoms with E-state index < -0.39 is 0 Å². The van der Waals surface area contributed by atoms with Gasteiger partial charge in [-0.2, -0.15) is 0 Å². The van der Waals surface area contributed by atoms with E-state index in [0.717, 1.165) is 12.8 Å². The molecular formula is C11H14O2. The summed E-state index contributed by atoms with van der Waals surface area (Å²) in [4.78, 5) is 22.8. The van der Waals surface area contributed by atoms with Gasteiger partial charge in [-0.05, 0) is 30.9 Å². The van der Waals surface area contributed by atoms with Crippen molar-refractivity contribution in [2.75, 3.05) is 0 Å². The minimum Gasteiger partial charge on any atom is -0.294 e. The summed E-state index contributed by atoms with van der Waals surface area (Å²) in [6.45, 7) is 0. The van der Waals surface area contributed by atoms with Crippen molar-refractivity contribution in [3.63, 3.8) is 0 Å². The molecule has 0 aromatic heterocycles. The predicted octanol–water partition coefficient (Wildman–Crippen LogP) is 1.89. The Labute approximate surface area is 78.0 Å². The van der Waals surface area contributed by atoms with Gasteiger partial charge in [-0.1, -0.05) is 19.3 Å². The van der Waals surface area contributed by atoms with E-state index in [1.54, 1.807) is 0 Å². The molecular weight excluding hydrogens is 164 g/mol. The highest BCUT2D eigenvalue weighted by Crippen LogP contribution is 2.33. The van der Waals surface area contributed by atoms with Gasteiger partial charge in [-0.3, -0.25) is 9.59 Å². The highest BCUT2D eigenvalue weighted by Gasteiger charge is 2.35. The van der Waals surface area contributed by atoms with Crippen LogP contribution in [-0.4, -0.2) is 11.6 Å². The Hall–Kier alpha value is -0.920. The third kappa shape index (κ3) is 1.58. The van der Waals surface area contributed by atoms with E-state index in [2.05, 4.69) is 0 Å². The number of carbonyl (C=O) groups is 2. The van der Waals surface area contributed by atoms with E-state index in [9.17, 15) is 9.59 Å². The third-order valence-corrected chi connectivity index (χ3v) is 3.15. The van der Waals surface area contributed by atoms with Crippen molar-refractivity contribution < 1.29 is 9.59 Å². The Morgan fingerprint density at radius 3 is 2.00 bits per heavy atom. The molecule has 2 heteroatoms. The zero-order chi connectivity index (χ0) is 9.26. The van der Waals surface area contributed by atoms with E-state index in [1.807, 2.05) is 0 Å². The lowest BCUT2D eigenvalue weighted by atomic mass is 9.78. The average molecular weight is 178 g/mol. The predicted molar refractivity (Wildman–Crippen MR) is 49.2 cm³/mol. The van der Waals surface area contributed by atoms with Crippen LogP contribution < -0.4 is 0 Å². The summed E-state index contributed by atoms with van der Waals surface area (Å²) >= 11 is 0. The molecule has 0 bridgehead atoms. The van der Waals surface area contributed by atoms with Gasteiger partial charge in [-0.25, -0.2) is 0 Å². The Morgan fingerprint density at radius 1 is 0.923 bits per heavy atom. The SMILES string of the molecule is O=C1C=CC(=O)C1C1CCCCC1. The van der Waals surface area contributed by atoms with Crippen LogP contribution in [-0.2, 0) is 9.59 Å². The molecule has 0 saturated heterocycles. The summed E-state index contributed by atoms with van der Waals surface area (Å²) in [5, 5.41) is 0. The number of rotatable bonds is 1. The first-order valence-electron chi connectivity index (χ1n) is 5.05. The second kappa shape index (κ2) is 3.44. The molecule has 2 aliphatic rings. The summed E-state index contributed by atoms with van der Waals surface area (Å²) in [5.74, 6) is 0.109. The summed E-state index contributed by atoms with van der Waals surface area (Å²) in [5.41, 5.74) is 0. The van der Waals surface area contributed by atoms with E-state index in [0.29, 0.717) is 5.92 Å². The van der Waals surface area contributed by atoms with Gasteiger partial charge in [0.2, 0.25) is 0 Å². The maximum atomic E-state index is 11.4. The second-order valence-corrected chi connectivity index (χ2v) is 4.01. The molecule has 0 heterocycles. The van der Waals surface area contributed by atoms with Gasteiger partial charge in [0, 0.05) is 0 Å². The summed E-state index contributed by atoms with van der Waals surface area (Å²) < 4.78 is 0. The van der Waals surface area contributed by atoms with Crippen LogP contribution in [0.5, 0.6) is 0 Å². The Bertz CT molecular complexity index is 241. The Kier molecular flexibility index (Phi) is 2.30. The molecule has 1 saturated carbocycles. The number of ketones is 2. The maximum absolute atomic E-state index is 11.4. The van der Waals surface area contributed by atoms with E-state index in [4.69, 9.17) is 0 Å². The van der Waals surface area contributed by atoms with Gasteiger partial charge in [0.1, 0.15) is 0 Å². The monoisotopic (exact) mass is 178 g/mol. The Balaban J connectivity index is 2.07. The molecule has 0 aromatic carbocycles. The van der Waals surface area contributed by atoms with Crippen molar-refractivity contribution in [1.82, 2.24) is 0 Å². The second-order valence-electron chi connectivity index (χ2n) is 4.01. The molecule has 70 valence electrons. The number of allylic oxidation sites excluding steroid dienone is 2. The van der Waals surface area contributed by atoms with Crippen molar-refractivity contribution in [2.24, 2.45) is 11.8 Å². The number of hydrogen-bond acceptors (Lipinski definition) is 2. The summed E-state index contributed by atoms with van der Waals surface area (Å²) in [6.07, 6.45) is 8.64. The molecule has 2 aliphatic carbocycles. The standard InChI is InChI=1S/C11H14O2/c12-9-6-7-10(13)11(9)8-4-2-1-3-5-8/h6-8,11H,1-5H2. The van der Waals surface area contributed by atoms with Crippen LogP contribution in [0.25, 0.3) is 0 Å². The Morgan fingerprint density at radius 2 is 1.46 bits per heavy atom. The van der Waals surface area contributed by atoms with Crippen LogP contribution in [0.1, 0.15) is 32.1 Å². The first kappa shape index (κ1) is 8.67. The smallest absolute Gasteiger partial charge is 0.166 e. The quantitative estimate of drug-likeness (QED) is 0.574. The van der Waals surface area contributed by atoms with Crippen LogP contribution in [0.3, 0.4) is 0 Å². The van der Waals surface area contributed by atoms with Crippen molar-refractivity contribution in [1.29, 1.82) is 0 Å². The lowest BCUT2D eigenvalue weighted by Gasteiger charge is -2.25. The fourth-order valence-electron chi connectivity index (χ4n) is 2.44. The zero-order valence-electron chi connectivity index (χ0n) is 7.66. The van der Waals surface area contributed by atoms with Crippen LogP contribution in [0.2, 0.25) is 0 Å². The van der Waals surface area contributed by atoms with Crippen molar-refractivity contribution in [2.45, 2.75) is 32.1 Å². The molecule has 0 atom stereocenters. The van der Waals surface area contributed by atoms with Gasteiger partial charge in [-0.15, -0.1) is 0 Å². The van der Waals surface area contributed by atoms with Crippen LogP contribution in [0, 0.1) is 11.8 Å². The summed E-state index contributed by atoms with van der Waals surface area (Å²) in [6, 6.07) is 0. The molecule has 13 heavy (non-hydrogen) atoms. The molecule has 0 aromatic rings. The molecule has 0 amide bonds. The molecule has 0 aliphatic heterocycles. The zero-order valence-corrected chi connectivity index (χ0v) is 7.66. The number of hydrogen-bond donors (Lipinski definition) is 0. The minimum absolute atomic E-state index is 0.0388. The molecule has 0 N–H and O–H groups in total.